The summed E-state index contributed by atoms with van der Waals surface area (Å²) in [6.07, 6.45) is 1.69. The van der Waals surface area contributed by atoms with Crippen LogP contribution in [-0.4, -0.2) is 4.98 Å². The van der Waals surface area contributed by atoms with Gasteiger partial charge in [-0.15, -0.1) is 0 Å². The number of halogens is 1. The second kappa shape index (κ2) is 4.61. The predicted molar refractivity (Wildman–Crippen MR) is 59.4 cm³/mol. The molecule has 16 heavy (non-hydrogen) atoms. The zero-order valence-electron chi connectivity index (χ0n) is 8.56. The molecule has 1 aromatic carbocycles. The first-order chi connectivity index (χ1) is 7.75. The number of benzene rings is 1. The van der Waals surface area contributed by atoms with Gasteiger partial charge in [0.05, 0.1) is 11.4 Å². The second-order valence-electron chi connectivity index (χ2n) is 3.29. The van der Waals surface area contributed by atoms with E-state index in [9.17, 15) is 4.39 Å². The first kappa shape index (κ1) is 10.4. The summed E-state index contributed by atoms with van der Waals surface area (Å²) in [7, 11) is 0. The van der Waals surface area contributed by atoms with Crippen LogP contribution < -0.4 is 10.5 Å². The lowest BCUT2D eigenvalue weighted by atomic mass is 10.3. The second-order valence-corrected chi connectivity index (χ2v) is 3.29. The Hall–Kier alpha value is -2.10. The first-order valence-corrected chi connectivity index (χ1v) is 4.83. The van der Waals surface area contributed by atoms with Crippen molar-refractivity contribution >= 4 is 5.69 Å². The van der Waals surface area contributed by atoms with Crippen molar-refractivity contribution in [2.45, 2.75) is 6.61 Å². The van der Waals surface area contributed by atoms with Gasteiger partial charge in [-0.05, 0) is 24.3 Å². The van der Waals surface area contributed by atoms with E-state index in [0.29, 0.717) is 12.4 Å². The maximum atomic E-state index is 12.8. The predicted octanol–water partition coefficient (Wildman–Crippen LogP) is 2.38. The summed E-state index contributed by atoms with van der Waals surface area (Å²) in [5, 5.41) is 0. The van der Waals surface area contributed by atoms with Crippen LogP contribution in [0.1, 0.15) is 5.69 Å². The van der Waals surface area contributed by atoms with Crippen LogP contribution in [0.3, 0.4) is 0 Å². The summed E-state index contributed by atoms with van der Waals surface area (Å²) in [5.41, 5.74) is 6.69. The fourth-order valence-electron chi connectivity index (χ4n) is 1.29. The monoisotopic (exact) mass is 218 g/mol. The molecule has 2 aromatic rings. The Kier molecular flexibility index (Phi) is 3.00. The molecule has 0 aliphatic heterocycles. The molecule has 1 aromatic heterocycles. The summed E-state index contributed by atoms with van der Waals surface area (Å²) >= 11 is 0. The minimum absolute atomic E-state index is 0.288. The molecular weight excluding hydrogens is 207 g/mol. The highest BCUT2D eigenvalue weighted by molar-refractivity contribution is 5.52. The number of nitrogens with zero attached hydrogens (tertiary/aromatic N) is 1. The van der Waals surface area contributed by atoms with Crippen LogP contribution in [0.15, 0.2) is 42.6 Å². The SMILES string of the molecule is Nc1cc(F)ccc1OCc1ccccn1. The van der Waals surface area contributed by atoms with E-state index < -0.39 is 0 Å². The number of rotatable bonds is 3. The summed E-state index contributed by atoms with van der Waals surface area (Å²) in [5.74, 6) is 0.0924. The van der Waals surface area contributed by atoms with Gasteiger partial charge in [-0.2, -0.15) is 0 Å². The topological polar surface area (TPSA) is 48.1 Å². The van der Waals surface area contributed by atoms with E-state index in [1.54, 1.807) is 6.20 Å². The molecule has 0 unspecified atom stereocenters. The van der Waals surface area contributed by atoms with Crippen LogP contribution in [0.4, 0.5) is 10.1 Å². The summed E-state index contributed by atoms with van der Waals surface area (Å²) in [6, 6.07) is 9.60. The van der Waals surface area contributed by atoms with Crippen molar-refractivity contribution in [3.63, 3.8) is 0 Å². The number of aromatic nitrogens is 1. The molecule has 0 saturated heterocycles. The Bertz CT molecular complexity index is 474. The minimum Gasteiger partial charge on any atom is -0.485 e. The molecule has 0 saturated carbocycles. The number of pyridine rings is 1. The molecule has 2 N–H and O–H groups in total. The summed E-state index contributed by atoms with van der Waals surface area (Å²) in [4.78, 5) is 4.10. The molecule has 0 spiro atoms. The third-order valence-electron chi connectivity index (χ3n) is 2.07. The molecule has 1 heterocycles. The van der Waals surface area contributed by atoms with Gasteiger partial charge in [-0.3, -0.25) is 4.98 Å². The maximum Gasteiger partial charge on any atom is 0.142 e. The molecule has 4 heteroatoms. The molecule has 0 amide bonds. The lowest BCUT2D eigenvalue weighted by Crippen LogP contribution is -2.00. The van der Waals surface area contributed by atoms with Crippen LogP contribution in [0.25, 0.3) is 0 Å². The van der Waals surface area contributed by atoms with Crippen LogP contribution in [0.2, 0.25) is 0 Å². The molecule has 0 fully saturated rings. The Morgan fingerprint density at radius 2 is 2.12 bits per heavy atom. The molecule has 0 aliphatic carbocycles. The standard InChI is InChI=1S/C12H11FN2O/c13-9-4-5-12(11(14)7-9)16-8-10-3-1-2-6-15-10/h1-7H,8,14H2. The summed E-state index contributed by atoms with van der Waals surface area (Å²) in [6.45, 7) is 0.316. The Labute approximate surface area is 92.7 Å². The largest absolute Gasteiger partial charge is 0.485 e. The van der Waals surface area contributed by atoms with Crippen LogP contribution in [0, 0.1) is 5.82 Å². The number of ether oxygens (including phenoxy) is 1. The van der Waals surface area contributed by atoms with E-state index in [-0.39, 0.29) is 11.5 Å². The van der Waals surface area contributed by atoms with E-state index in [1.165, 1.54) is 18.2 Å². The number of hydrogen-bond donors (Lipinski definition) is 1. The van der Waals surface area contributed by atoms with Crippen molar-refractivity contribution in [2.75, 3.05) is 5.73 Å². The normalized spacial score (nSPS) is 10.1. The van der Waals surface area contributed by atoms with E-state index in [4.69, 9.17) is 10.5 Å². The van der Waals surface area contributed by atoms with Crippen molar-refractivity contribution in [3.8, 4) is 5.75 Å². The van der Waals surface area contributed by atoms with E-state index >= 15 is 0 Å². The molecule has 0 aliphatic rings. The van der Waals surface area contributed by atoms with Gasteiger partial charge < -0.3 is 10.5 Å². The smallest absolute Gasteiger partial charge is 0.142 e. The van der Waals surface area contributed by atoms with Gasteiger partial charge in [-0.25, -0.2) is 4.39 Å². The minimum atomic E-state index is -0.373. The van der Waals surface area contributed by atoms with Crippen LogP contribution >= 0.6 is 0 Å². The van der Waals surface area contributed by atoms with Crippen molar-refractivity contribution in [3.05, 3.63) is 54.1 Å². The highest BCUT2D eigenvalue weighted by Gasteiger charge is 2.02. The van der Waals surface area contributed by atoms with Crippen molar-refractivity contribution in [1.29, 1.82) is 0 Å². The van der Waals surface area contributed by atoms with Gasteiger partial charge in [0.1, 0.15) is 18.2 Å². The van der Waals surface area contributed by atoms with Gasteiger partial charge in [0.25, 0.3) is 0 Å². The van der Waals surface area contributed by atoms with E-state index in [0.717, 1.165) is 5.69 Å². The maximum absolute atomic E-state index is 12.8. The Balaban J connectivity index is 2.05. The Morgan fingerprint density at radius 1 is 1.25 bits per heavy atom. The molecule has 2 rings (SSSR count). The molecule has 0 bridgehead atoms. The molecule has 0 radical (unpaired) electrons. The van der Waals surface area contributed by atoms with Gasteiger partial charge >= 0.3 is 0 Å². The fourth-order valence-corrected chi connectivity index (χ4v) is 1.29. The third kappa shape index (κ3) is 2.48. The van der Waals surface area contributed by atoms with Gasteiger partial charge in [0, 0.05) is 12.3 Å². The van der Waals surface area contributed by atoms with Gasteiger partial charge in [0.2, 0.25) is 0 Å². The highest BCUT2D eigenvalue weighted by atomic mass is 19.1. The number of hydrogen-bond acceptors (Lipinski definition) is 3. The molecular formula is C12H11FN2O. The van der Waals surface area contributed by atoms with Crippen LogP contribution in [0.5, 0.6) is 5.75 Å². The zero-order valence-corrected chi connectivity index (χ0v) is 8.56. The zero-order chi connectivity index (χ0) is 11.4. The van der Waals surface area contributed by atoms with Crippen molar-refractivity contribution in [1.82, 2.24) is 4.98 Å². The summed E-state index contributed by atoms with van der Waals surface area (Å²) < 4.78 is 18.2. The average molecular weight is 218 g/mol. The molecule has 3 nitrogen and oxygen atoms in total. The lowest BCUT2D eigenvalue weighted by molar-refractivity contribution is 0.302. The number of nitrogen functional groups attached to an aromatic ring is 1. The Morgan fingerprint density at radius 3 is 2.81 bits per heavy atom. The average Bonchev–Trinajstić information content (AvgIpc) is 2.29. The van der Waals surface area contributed by atoms with Crippen molar-refractivity contribution in [2.24, 2.45) is 0 Å². The lowest BCUT2D eigenvalue weighted by Gasteiger charge is -2.07. The third-order valence-corrected chi connectivity index (χ3v) is 2.07. The van der Waals surface area contributed by atoms with Crippen molar-refractivity contribution < 1.29 is 9.13 Å². The molecule has 0 atom stereocenters. The number of nitrogens with two attached hydrogens (primary N) is 1. The highest BCUT2D eigenvalue weighted by Crippen LogP contribution is 2.22. The van der Waals surface area contributed by atoms with Crippen LogP contribution in [-0.2, 0) is 6.61 Å². The first-order valence-electron chi connectivity index (χ1n) is 4.83. The van der Waals surface area contributed by atoms with E-state index in [2.05, 4.69) is 4.98 Å². The van der Waals surface area contributed by atoms with E-state index in [1.807, 2.05) is 18.2 Å². The molecule has 82 valence electrons. The number of anilines is 1. The quantitative estimate of drug-likeness (QED) is 0.804. The van der Waals surface area contributed by atoms with Gasteiger partial charge in [-0.1, -0.05) is 6.07 Å². The van der Waals surface area contributed by atoms with Gasteiger partial charge in [0.15, 0.2) is 0 Å². The fraction of sp³-hybridized carbons (Fsp3) is 0.0833.